The van der Waals surface area contributed by atoms with Gasteiger partial charge >= 0.3 is 0 Å². The Balaban J connectivity index is 1.76. The molecule has 1 saturated heterocycles. The van der Waals surface area contributed by atoms with Gasteiger partial charge in [-0.1, -0.05) is 42.0 Å². The summed E-state index contributed by atoms with van der Waals surface area (Å²) >= 11 is 7.61. The lowest BCUT2D eigenvalue weighted by atomic mass is 9.73. The molecule has 1 aliphatic rings. The van der Waals surface area contributed by atoms with Crippen LogP contribution in [-0.2, 0) is 20.7 Å². The van der Waals surface area contributed by atoms with Crippen LogP contribution in [0.5, 0.6) is 10.9 Å². The number of rotatable bonds is 4. The van der Waals surface area contributed by atoms with E-state index in [-0.39, 0.29) is 11.6 Å². The number of aryl methyl sites for hydroxylation is 1. The summed E-state index contributed by atoms with van der Waals surface area (Å²) in [6, 6.07) is 11.1. The number of aromatic nitrogens is 1. The van der Waals surface area contributed by atoms with Gasteiger partial charge in [0.15, 0.2) is 11.6 Å². The fraction of sp³-hybridized carbons (Fsp3) is 0.375. The molecule has 2 heterocycles. The number of ketones is 2. The van der Waals surface area contributed by atoms with Crippen molar-refractivity contribution in [1.29, 1.82) is 0 Å². The first-order chi connectivity index (χ1) is 14.5. The third kappa shape index (κ3) is 3.88. The maximum absolute atomic E-state index is 13.2. The fourth-order valence-corrected chi connectivity index (χ4v) is 5.24. The maximum Gasteiger partial charge on any atom is 0.279 e. The highest BCUT2D eigenvalue weighted by Crippen LogP contribution is 2.41. The second-order valence-corrected chi connectivity index (χ2v) is 10.1. The van der Waals surface area contributed by atoms with Gasteiger partial charge in [-0.25, -0.2) is 4.98 Å². The van der Waals surface area contributed by atoms with E-state index >= 15 is 0 Å². The molecule has 31 heavy (non-hydrogen) atoms. The first-order valence-electron chi connectivity index (χ1n) is 10.2. The van der Waals surface area contributed by atoms with Crippen molar-refractivity contribution in [3.8, 4) is 10.9 Å². The predicted octanol–water partition coefficient (Wildman–Crippen LogP) is 6.11. The van der Waals surface area contributed by atoms with Crippen molar-refractivity contribution in [2.45, 2.75) is 58.2 Å². The fourth-order valence-electron chi connectivity index (χ4n) is 4.10. The van der Waals surface area contributed by atoms with Crippen LogP contribution in [0.3, 0.4) is 0 Å². The zero-order chi connectivity index (χ0) is 22.6. The number of Topliss-reactive ketones (excluding diaryl/α,β-unsaturated/α-hetero) is 2. The van der Waals surface area contributed by atoms with Gasteiger partial charge in [0.2, 0.25) is 0 Å². The van der Waals surface area contributed by atoms with E-state index in [4.69, 9.17) is 21.1 Å². The van der Waals surface area contributed by atoms with E-state index in [0.29, 0.717) is 33.5 Å². The highest BCUT2D eigenvalue weighted by Gasteiger charge is 2.53. The smallest absolute Gasteiger partial charge is 0.279 e. The maximum atomic E-state index is 13.2. The second-order valence-electron chi connectivity index (χ2n) is 8.67. The minimum absolute atomic E-state index is 0.240. The lowest BCUT2D eigenvalue weighted by Crippen LogP contribution is -2.58. The zero-order valence-electron chi connectivity index (χ0n) is 18.1. The van der Waals surface area contributed by atoms with Crippen molar-refractivity contribution in [2.75, 3.05) is 0 Å². The van der Waals surface area contributed by atoms with Crippen molar-refractivity contribution >= 4 is 44.7 Å². The molecule has 0 aliphatic carbocycles. The summed E-state index contributed by atoms with van der Waals surface area (Å²) in [6.45, 7) is 8.86. The molecule has 7 heteroatoms. The van der Waals surface area contributed by atoms with E-state index in [9.17, 15) is 9.59 Å². The lowest BCUT2D eigenvalue weighted by molar-refractivity contribution is -0.184. The average Bonchev–Trinajstić information content (AvgIpc) is 3.10. The molecule has 0 unspecified atom stereocenters. The SMILES string of the molecule is CCc1ccc(Oc2nc3c(Cl)cccc3s2)cc1C1C(=O)C(C)(C)OC(C)(C)C1=O. The number of carbonyl (C=O) groups is 2. The largest absolute Gasteiger partial charge is 0.431 e. The Labute approximate surface area is 190 Å². The molecule has 162 valence electrons. The molecule has 0 saturated carbocycles. The number of halogens is 1. The number of ether oxygens (including phenoxy) is 2. The number of carbonyl (C=O) groups excluding carboxylic acids is 2. The van der Waals surface area contributed by atoms with Gasteiger partial charge in [0.05, 0.1) is 9.72 Å². The lowest BCUT2D eigenvalue weighted by Gasteiger charge is -2.43. The molecule has 0 bridgehead atoms. The quantitative estimate of drug-likeness (QED) is 0.442. The number of fused-ring (bicyclic) bond motifs is 1. The molecule has 5 nitrogen and oxygen atoms in total. The van der Waals surface area contributed by atoms with E-state index in [1.165, 1.54) is 11.3 Å². The zero-order valence-corrected chi connectivity index (χ0v) is 19.7. The van der Waals surface area contributed by atoms with Crippen LogP contribution in [0.2, 0.25) is 5.02 Å². The summed E-state index contributed by atoms with van der Waals surface area (Å²) in [7, 11) is 0. The molecular formula is C24H24ClNO4S. The Morgan fingerprint density at radius 3 is 2.39 bits per heavy atom. The first-order valence-corrected chi connectivity index (χ1v) is 11.4. The van der Waals surface area contributed by atoms with Crippen LogP contribution in [0.25, 0.3) is 10.2 Å². The number of hydrogen-bond acceptors (Lipinski definition) is 6. The minimum Gasteiger partial charge on any atom is -0.431 e. The number of nitrogens with zero attached hydrogens (tertiary/aromatic N) is 1. The molecule has 0 amide bonds. The number of hydrogen-bond donors (Lipinski definition) is 0. The van der Waals surface area contributed by atoms with Crippen LogP contribution in [-0.4, -0.2) is 27.8 Å². The summed E-state index contributed by atoms with van der Waals surface area (Å²) in [5.41, 5.74) is 0.160. The van der Waals surface area contributed by atoms with Gasteiger partial charge in [-0.05, 0) is 69.5 Å². The molecule has 2 aromatic carbocycles. The van der Waals surface area contributed by atoms with Gasteiger partial charge in [-0.2, -0.15) is 0 Å². The van der Waals surface area contributed by atoms with Crippen LogP contribution in [0.15, 0.2) is 36.4 Å². The van der Waals surface area contributed by atoms with Crippen molar-refractivity contribution in [3.05, 3.63) is 52.5 Å². The Kier molecular flexibility index (Phi) is 5.44. The van der Waals surface area contributed by atoms with Crippen molar-refractivity contribution in [1.82, 2.24) is 4.98 Å². The average molecular weight is 458 g/mol. The number of thiazole rings is 1. The van der Waals surface area contributed by atoms with Crippen LogP contribution < -0.4 is 4.74 Å². The van der Waals surface area contributed by atoms with E-state index in [1.807, 2.05) is 31.2 Å². The Bertz CT molecular complexity index is 1170. The molecule has 4 rings (SSSR count). The summed E-state index contributed by atoms with van der Waals surface area (Å²) in [5, 5.41) is 1.01. The third-order valence-corrected chi connectivity index (χ3v) is 6.79. The minimum atomic E-state index is -1.06. The molecular weight excluding hydrogens is 434 g/mol. The number of para-hydroxylation sites is 1. The monoisotopic (exact) mass is 457 g/mol. The molecule has 3 aromatic rings. The van der Waals surface area contributed by atoms with Gasteiger partial charge in [0.25, 0.3) is 5.19 Å². The molecule has 0 N–H and O–H groups in total. The molecule has 1 fully saturated rings. The summed E-state index contributed by atoms with van der Waals surface area (Å²) < 4.78 is 12.8. The summed E-state index contributed by atoms with van der Waals surface area (Å²) in [4.78, 5) is 30.9. The molecule has 0 spiro atoms. The van der Waals surface area contributed by atoms with Crippen molar-refractivity contribution in [2.24, 2.45) is 0 Å². The van der Waals surface area contributed by atoms with E-state index in [1.54, 1.807) is 39.8 Å². The van der Waals surface area contributed by atoms with Crippen LogP contribution in [0.4, 0.5) is 0 Å². The van der Waals surface area contributed by atoms with Gasteiger partial charge in [0.1, 0.15) is 28.4 Å². The van der Waals surface area contributed by atoms with Gasteiger partial charge < -0.3 is 9.47 Å². The summed E-state index contributed by atoms with van der Waals surface area (Å²) in [6.07, 6.45) is 0.686. The summed E-state index contributed by atoms with van der Waals surface area (Å²) in [5.74, 6) is -0.863. The highest BCUT2D eigenvalue weighted by atomic mass is 35.5. The van der Waals surface area contributed by atoms with Crippen molar-refractivity contribution in [3.63, 3.8) is 0 Å². The number of benzene rings is 2. The van der Waals surface area contributed by atoms with E-state index < -0.39 is 17.1 Å². The normalized spacial score (nSPS) is 18.5. The standard InChI is InChI=1S/C24H24ClNO4S/c1-6-13-10-11-14(29-22-26-19-16(25)8-7-9-17(19)31-22)12-15(13)18-20(27)23(2,3)30-24(4,5)21(18)28/h7-12,18H,6H2,1-5H3. The Hall–Kier alpha value is -2.28. The van der Waals surface area contributed by atoms with Crippen LogP contribution in [0, 0.1) is 0 Å². The van der Waals surface area contributed by atoms with E-state index in [2.05, 4.69) is 4.98 Å². The molecule has 0 radical (unpaired) electrons. The van der Waals surface area contributed by atoms with Crippen LogP contribution >= 0.6 is 22.9 Å². The Morgan fingerprint density at radius 2 is 1.77 bits per heavy atom. The van der Waals surface area contributed by atoms with E-state index in [0.717, 1.165) is 10.3 Å². The van der Waals surface area contributed by atoms with Crippen molar-refractivity contribution < 1.29 is 19.1 Å². The second kappa shape index (κ2) is 7.69. The van der Waals surface area contributed by atoms with Crippen LogP contribution in [0.1, 0.15) is 51.7 Å². The highest BCUT2D eigenvalue weighted by molar-refractivity contribution is 7.20. The first kappa shape index (κ1) is 21.9. The topological polar surface area (TPSA) is 65.5 Å². The predicted molar refractivity (Wildman–Crippen MR) is 123 cm³/mol. The third-order valence-electron chi connectivity index (χ3n) is 5.59. The molecule has 0 atom stereocenters. The van der Waals surface area contributed by atoms with Gasteiger partial charge in [0, 0.05) is 0 Å². The van der Waals surface area contributed by atoms with Gasteiger partial charge in [-0.15, -0.1) is 0 Å². The Morgan fingerprint density at radius 1 is 1.10 bits per heavy atom. The molecule has 1 aromatic heterocycles. The van der Waals surface area contributed by atoms with Gasteiger partial charge in [-0.3, -0.25) is 9.59 Å². The molecule has 1 aliphatic heterocycles.